The molecule has 2 N–H and O–H groups in total. The van der Waals surface area contributed by atoms with E-state index in [1.165, 1.54) is 12.1 Å². The Labute approximate surface area is 144 Å². The predicted octanol–water partition coefficient (Wildman–Crippen LogP) is 3.21. The SMILES string of the molecule is O=C(COc1ccc2ccccc2c1)NCC(O)c1ccccc1F. The molecule has 0 aliphatic rings. The van der Waals surface area contributed by atoms with Crippen molar-refractivity contribution in [2.24, 2.45) is 0 Å². The maximum Gasteiger partial charge on any atom is 0.258 e. The van der Waals surface area contributed by atoms with Crippen molar-refractivity contribution in [1.82, 2.24) is 5.32 Å². The molecular formula is C20H18FNO3. The summed E-state index contributed by atoms with van der Waals surface area (Å²) in [5, 5.41) is 14.6. The monoisotopic (exact) mass is 339 g/mol. The zero-order valence-corrected chi connectivity index (χ0v) is 13.5. The van der Waals surface area contributed by atoms with Gasteiger partial charge in [0.25, 0.3) is 5.91 Å². The topological polar surface area (TPSA) is 58.6 Å². The van der Waals surface area contributed by atoms with Crippen LogP contribution in [0.1, 0.15) is 11.7 Å². The Kier molecular flexibility index (Phi) is 5.26. The third-order valence-corrected chi connectivity index (χ3v) is 3.85. The normalized spacial score (nSPS) is 11.9. The molecule has 3 rings (SSSR count). The lowest BCUT2D eigenvalue weighted by Gasteiger charge is -2.13. The number of aliphatic hydroxyl groups is 1. The molecule has 0 aromatic heterocycles. The van der Waals surface area contributed by atoms with Gasteiger partial charge in [-0.25, -0.2) is 4.39 Å². The summed E-state index contributed by atoms with van der Waals surface area (Å²) in [6.45, 7) is -0.261. The van der Waals surface area contributed by atoms with Crippen molar-refractivity contribution >= 4 is 16.7 Å². The van der Waals surface area contributed by atoms with Gasteiger partial charge >= 0.3 is 0 Å². The smallest absolute Gasteiger partial charge is 0.258 e. The highest BCUT2D eigenvalue weighted by atomic mass is 19.1. The molecule has 25 heavy (non-hydrogen) atoms. The molecule has 0 fully saturated rings. The van der Waals surface area contributed by atoms with Crippen LogP contribution in [0, 0.1) is 5.82 Å². The van der Waals surface area contributed by atoms with Crippen molar-refractivity contribution in [2.75, 3.05) is 13.2 Å². The van der Waals surface area contributed by atoms with E-state index in [0.29, 0.717) is 5.75 Å². The molecular weight excluding hydrogens is 321 g/mol. The standard InChI is InChI=1S/C20H18FNO3/c21-18-8-4-3-7-17(18)19(23)12-22-20(24)13-25-16-10-9-14-5-1-2-6-15(14)11-16/h1-11,19,23H,12-13H2,(H,22,24). The summed E-state index contributed by atoms with van der Waals surface area (Å²) in [5.74, 6) is -0.302. The highest BCUT2D eigenvalue weighted by Crippen LogP contribution is 2.20. The Morgan fingerprint density at radius 1 is 1.04 bits per heavy atom. The third-order valence-electron chi connectivity index (χ3n) is 3.85. The van der Waals surface area contributed by atoms with Crippen LogP contribution in [0.5, 0.6) is 5.75 Å². The van der Waals surface area contributed by atoms with Crippen molar-refractivity contribution < 1.29 is 19.0 Å². The Bertz CT molecular complexity index is 881. The zero-order valence-electron chi connectivity index (χ0n) is 13.5. The fraction of sp³-hybridized carbons (Fsp3) is 0.150. The lowest BCUT2D eigenvalue weighted by Crippen LogP contribution is -2.32. The molecule has 0 bridgehead atoms. The molecule has 0 heterocycles. The second-order valence-electron chi connectivity index (χ2n) is 5.64. The number of nitrogens with one attached hydrogen (secondary N) is 1. The molecule has 0 spiro atoms. The molecule has 128 valence electrons. The summed E-state index contributed by atoms with van der Waals surface area (Å²) in [7, 11) is 0. The Morgan fingerprint density at radius 3 is 2.56 bits per heavy atom. The highest BCUT2D eigenvalue weighted by Gasteiger charge is 2.13. The van der Waals surface area contributed by atoms with Crippen LogP contribution in [0.4, 0.5) is 4.39 Å². The summed E-state index contributed by atoms with van der Waals surface area (Å²) < 4.78 is 19.0. The van der Waals surface area contributed by atoms with E-state index in [4.69, 9.17) is 4.74 Å². The van der Waals surface area contributed by atoms with Gasteiger partial charge < -0.3 is 15.2 Å². The number of hydrogen-bond donors (Lipinski definition) is 2. The fourth-order valence-corrected chi connectivity index (χ4v) is 2.52. The third kappa shape index (κ3) is 4.33. The Balaban J connectivity index is 1.51. The van der Waals surface area contributed by atoms with E-state index in [-0.39, 0.29) is 24.6 Å². The van der Waals surface area contributed by atoms with Gasteiger partial charge in [0.05, 0.1) is 6.10 Å². The summed E-state index contributed by atoms with van der Waals surface area (Å²) in [6.07, 6.45) is -1.11. The molecule has 0 aliphatic carbocycles. The molecule has 0 radical (unpaired) electrons. The van der Waals surface area contributed by atoms with Gasteiger partial charge in [0.2, 0.25) is 0 Å². The van der Waals surface area contributed by atoms with Crippen LogP contribution in [0.3, 0.4) is 0 Å². The molecule has 3 aromatic rings. The number of amides is 1. The van der Waals surface area contributed by atoms with Crippen LogP contribution in [0.25, 0.3) is 10.8 Å². The summed E-state index contributed by atoms with van der Waals surface area (Å²) in [6, 6.07) is 19.4. The molecule has 3 aromatic carbocycles. The van der Waals surface area contributed by atoms with E-state index in [2.05, 4.69) is 5.32 Å². The van der Waals surface area contributed by atoms with Gasteiger partial charge in [-0.15, -0.1) is 0 Å². The molecule has 0 saturated heterocycles. The number of aliphatic hydroxyl groups excluding tert-OH is 1. The largest absolute Gasteiger partial charge is 0.484 e. The number of ether oxygens (including phenoxy) is 1. The van der Waals surface area contributed by atoms with E-state index in [0.717, 1.165) is 10.8 Å². The van der Waals surface area contributed by atoms with Crippen molar-refractivity contribution in [3.63, 3.8) is 0 Å². The van der Waals surface area contributed by atoms with Gasteiger partial charge in [0, 0.05) is 12.1 Å². The van der Waals surface area contributed by atoms with Crippen molar-refractivity contribution in [3.8, 4) is 5.75 Å². The number of hydrogen-bond acceptors (Lipinski definition) is 3. The number of benzene rings is 3. The first-order valence-corrected chi connectivity index (χ1v) is 7.94. The maximum absolute atomic E-state index is 13.6. The van der Waals surface area contributed by atoms with Gasteiger partial charge in [0.1, 0.15) is 11.6 Å². The van der Waals surface area contributed by atoms with Crippen LogP contribution < -0.4 is 10.1 Å². The number of rotatable bonds is 6. The second kappa shape index (κ2) is 7.77. The first-order chi connectivity index (χ1) is 12.1. The van der Waals surface area contributed by atoms with Crippen LogP contribution >= 0.6 is 0 Å². The summed E-state index contributed by atoms with van der Waals surface area (Å²) in [4.78, 5) is 11.9. The first kappa shape index (κ1) is 16.9. The quantitative estimate of drug-likeness (QED) is 0.725. The van der Waals surface area contributed by atoms with Gasteiger partial charge in [0.15, 0.2) is 6.61 Å². The molecule has 0 saturated carbocycles. The van der Waals surface area contributed by atoms with Gasteiger partial charge in [-0.05, 0) is 29.0 Å². The van der Waals surface area contributed by atoms with E-state index >= 15 is 0 Å². The minimum Gasteiger partial charge on any atom is -0.484 e. The molecule has 1 unspecified atom stereocenters. The van der Waals surface area contributed by atoms with E-state index in [9.17, 15) is 14.3 Å². The lowest BCUT2D eigenvalue weighted by atomic mass is 10.1. The van der Waals surface area contributed by atoms with Gasteiger partial charge in [-0.2, -0.15) is 0 Å². The number of halogens is 1. The van der Waals surface area contributed by atoms with Crippen LogP contribution in [0.2, 0.25) is 0 Å². The first-order valence-electron chi connectivity index (χ1n) is 7.94. The minimum atomic E-state index is -1.11. The predicted molar refractivity (Wildman–Crippen MR) is 93.8 cm³/mol. The van der Waals surface area contributed by atoms with Crippen molar-refractivity contribution in [3.05, 3.63) is 78.1 Å². The molecule has 1 atom stereocenters. The van der Waals surface area contributed by atoms with Gasteiger partial charge in [-0.1, -0.05) is 48.5 Å². The van der Waals surface area contributed by atoms with E-state index in [1.807, 2.05) is 36.4 Å². The Hall–Kier alpha value is -2.92. The van der Waals surface area contributed by atoms with Gasteiger partial charge in [-0.3, -0.25) is 4.79 Å². The minimum absolute atomic E-state index is 0.0825. The zero-order chi connectivity index (χ0) is 17.6. The maximum atomic E-state index is 13.6. The summed E-state index contributed by atoms with van der Waals surface area (Å²) >= 11 is 0. The average Bonchev–Trinajstić information content (AvgIpc) is 2.64. The number of carbonyl (C=O) groups excluding carboxylic acids is 1. The second-order valence-corrected chi connectivity index (χ2v) is 5.64. The number of fused-ring (bicyclic) bond motifs is 1. The fourth-order valence-electron chi connectivity index (χ4n) is 2.52. The van der Waals surface area contributed by atoms with Crippen LogP contribution in [0.15, 0.2) is 66.7 Å². The molecule has 1 amide bonds. The lowest BCUT2D eigenvalue weighted by molar-refractivity contribution is -0.123. The molecule has 5 heteroatoms. The average molecular weight is 339 g/mol. The molecule has 4 nitrogen and oxygen atoms in total. The highest BCUT2D eigenvalue weighted by molar-refractivity contribution is 5.84. The van der Waals surface area contributed by atoms with E-state index < -0.39 is 11.9 Å². The number of carbonyl (C=O) groups is 1. The van der Waals surface area contributed by atoms with Crippen molar-refractivity contribution in [2.45, 2.75) is 6.10 Å². The summed E-state index contributed by atoms with van der Waals surface area (Å²) in [5.41, 5.74) is 0.151. The van der Waals surface area contributed by atoms with Crippen molar-refractivity contribution in [1.29, 1.82) is 0 Å². The Morgan fingerprint density at radius 2 is 1.76 bits per heavy atom. The van der Waals surface area contributed by atoms with Crippen LogP contribution in [-0.2, 0) is 4.79 Å². The molecule has 0 aliphatic heterocycles. The van der Waals surface area contributed by atoms with Crippen LogP contribution in [-0.4, -0.2) is 24.2 Å². The van der Waals surface area contributed by atoms with E-state index in [1.54, 1.807) is 18.2 Å².